The molecule has 2 amide bonds. The van der Waals surface area contributed by atoms with Crippen LogP contribution in [0.4, 0.5) is 4.39 Å². The summed E-state index contributed by atoms with van der Waals surface area (Å²) < 4.78 is 14.6. The van der Waals surface area contributed by atoms with Crippen molar-refractivity contribution in [2.45, 2.75) is 25.7 Å². The molecule has 5 rings (SSSR count). The Bertz CT molecular complexity index is 1280. The van der Waals surface area contributed by atoms with E-state index in [1.54, 1.807) is 29.2 Å². The first-order chi connectivity index (χ1) is 16.0. The van der Waals surface area contributed by atoms with E-state index in [-0.39, 0.29) is 28.9 Å². The highest BCUT2D eigenvalue weighted by atomic mass is 19.1. The second-order valence-electron chi connectivity index (χ2n) is 8.78. The fraction of sp³-hybridized carbons (Fsp3) is 0.360. The average molecular weight is 448 g/mol. The lowest BCUT2D eigenvalue weighted by Crippen LogP contribution is -2.52. The van der Waals surface area contributed by atoms with Gasteiger partial charge in [-0.1, -0.05) is 30.7 Å². The summed E-state index contributed by atoms with van der Waals surface area (Å²) in [6.45, 7) is 1.76. The second-order valence-corrected chi connectivity index (χ2v) is 8.78. The minimum atomic E-state index is -0.573. The molecule has 1 saturated heterocycles. The molecule has 2 aliphatic rings. The molecule has 33 heavy (non-hydrogen) atoms. The molecule has 0 unspecified atom stereocenters. The number of nitrogens with zero attached hydrogens (tertiary/aromatic N) is 3. The number of amides is 2. The maximum absolute atomic E-state index is 14.6. The van der Waals surface area contributed by atoms with Gasteiger partial charge < -0.3 is 9.80 Å². The Morgan fingerprint density at radius 2 is 1.70 bits per heavy atom. The van der Waals surface area contributed by atoms with E-state index >= 15 is 0 Å². The van der Waals surface area contributed by atoms with E-state index in [4.69, 9.17) is 0 Å². The molecule has 2 fully saturated rings. The van der Waals surface area contributed by atoms with Crippen molar-refractivity contribution >= 4 is 22.6 Å². The molecule has 1 aromatic heterocycles. The predicted molar refractivity (Wildman–Crippen MR) is 121 cm³/mol. The molecule has 3 aromatic rings. The van der Waals surface area contributed by atoms with E-state index in [0.717, 1.165) is 30.2 Å². The first-order valence-corrected chi connectivity index (χ1v) is 11.3. The Morgan fingerprint density at radius 1 is 1.00 bits per heavy atom. The van der Waals surface area contributed by atoms with Gasteiger partial charge in [-0.15, -0.1) is 0 Å². The van der Waals surface area contributed by atoms with Crippen LogP contribution in [0.5, 0.6) is 0 Å². The molecular weight excluding hydrogens is 423 g/mol. The molecule has 2 aromatic carbocycles. The molecule has 0 bridgehead atoms. The zero-order valence-corrected chi connectivity index (χ0v) is 18.2. The molecular formula is C25H25FN4O3. The Hall–Kier alpha value is -3.55. The van der Waals surface area contributed by atoms with Gasteiger partial charge in [0.2, 0.25) is 5.91 Å². The van der Waals surface area contributed by atoms with Crippen LogP contribution in [0.25, 0.3) is 10.8 Å². The van der Waals surface area contributed by atoms with Crippen LogP contribution in [0.2, 0.25) is 0 Å². The maximum Gasteiger partial charge on any atom is 0.272 e. The summed E-state index contributed by atoms with van der Waals surface area (Å²) >= 11 is 0. The zero-order chi connectivity index (χ0) is 22.9. The molecule has 0 radical (unpaired) electrons. The smallest absolute Gasteiger partial charge is 0.272 e. The molecule has 2 heterocycles. The molecule has 7 nitrogen and oxygen atoms in total. The van der Waals surface area contributed by atoms with E-state index in [9.17, 15) is 18.8 Å². The molecule has 1 aliphatic heterocycles. The number of nitrogens with one attached hydrogen (secondary N) is 1. The van der Waals surface area contributed by atoms with Crippen molar-refractivity contribution in [2.24, 2.45) is 5.92 Å². The van der Waals surface area contributed by atoms with Crippen LogP contribution in [0.15, 0.2) is 47.3 Å². The first kappa shape index (κ1) is 21.3. The monoisotopic (exact) mass is 448 g/mol. The van der Waals surface area contributed by atoms with Gasteiger partial charge in [0.1, 0.15) is 5.82 Å². The highest BCUT2D eigenvalue weighted by molar-refractivity contribution is 5.95. The summed E-state index contributed by atoms with van der Waals surface area (Å²) in [5.41, 5.74) is 1.13. The zero-order valence-electron chi connectivity index (χ0n) is 18.2. The number of hydrogen-bond acceptors (Lipinski definition) is 4. The van der Waals surface area contributed by atoms with Gasteiger partial charge in [-0.25, -0.2) is 9.49 Å². The lowest BCUT2D eigenvalue weighted by Gasteiger charge is -2.38. The number of carbonyl (C=O) groups is 2. The van der Waals surface area contributed by atoms with Crippen molar-refractivity contribution in [3.05, 3.63) is 75.5 Å². The van der Waals surface area contributed by atoms with Crippen molar-refractivity contribution < 1.29 is 14.0 Å². The number of carbonyl (C=O) groups excluding carboxylic acids is 2. The number of aromatic amines is 1. The van der Waals surface area contributed by atoms with E-state index in [2.05, 4.69) is 10.2 Å². The van der Waals surface area contributed by atoms with Gasteiger partial charge in [-0.2, -0.15) is 5.10 Å². The van der Waals surface area contributed by atoms with Crippen molar-refractivity contribution in [3.63, 3.8) is 0 Å². The molecule has 0 atom stereocenters. The van der Waals surface area contributed by atoms with E-state index in [1.807, 2.05) is 17.0 Å². The summed E-state index contributed by atoms with van der Waals surface area (Å²) in [5, 5.41) is 7.95. The first-order valence-electron chi connectivity index (χ1n) is 11.3. The van der Waals surface area contributed by atoms with Crippen molar-refractivity contribution in [3.8, 4) is 0 Å². The number of hydrogen-bond donors (Lipinski definition) is 1. The maximum atomic E-state index is 14.6. The van der Waals surface area contributed by atoms with Crippen LogP contribution in [-0.2, 0) is 11.2 Å². The Balaban J connectivity index is 1.32. The van der Waals surface area contributed by atoms with Crippen LogP contribution < -0.4 is 5.56 Å². The van der Waals surface area contributed by atoms with Crippen molar-refractivity contribution in [2.75, 3.05) is 26.2 Å². The fourth-order valence-corrected chi connectivity index (χ4v) is 4.56. The predicted octanol–water partition coefficient (Wildman–Crippen LogP) is 2.74. The third kappa shape index (κ3) is 4.13. The highest BCUT2D eigenvalue weighted by Crippen LogP contribution is 2.28. The largest absolute Gasteiger partial charge is 0.339 e. The normalized spacial score (nSPS) is 16.6. The molecule has 1 N–H and O–H groups in total. The van der Waals surface area contributed by atoms with Crippen LogP contribution >= 0.6 is 0 Å². The summed E-state index contributed by atoms with van der Waals surface area (Å²) in [5.74, 6) is -0.624. The number of rotatable bonds is 4. The summed E-state index contributed by atoms with van der Waals surface area (Å²) in [6, 6.07) is 11.7. The van der Waals surface area contributed by atoms with Gasteiger partial charge in [0.25, 0.3) is 11.5 Å². The van der Waals surface area contributed by atoms with E-state index in [1.165, 1.54) is 6.07 Å². The summed E-state index contributed by atoms with van der Waals surface area (Å²) in [7, 11) is 0. The number of benzene rings is 2. The lowest BCUT2D eigenvalue weighted by molar-refractivity contribution is -0.139. The van der Waals surface area contributed by atoms with Crippen molar-refractivity contribution in [1.29, 1.82) is 0 Å². The average Bonchev–Trinajstić information content (AvgIpc) is 2.81. The van der Waals surface area contributed by atoms with E-state index < -0.39 is 5.82 Å². The van der Waals surface area contributed by atoms with Gasteiger partial charge >= 0.3 is 0 Å². The standard InChI is InChI=1S/C25H25FN4O3/c26-21-9-8-16(15-22-18-6-1-2-7-19(18)23(31)28-27-22)14-20(21)25(33)30-12-10-29(11-13-30)24(32)17-4-3-5-17/h1-2,6-9,14,17H,3-5,10-13,15H2,(H,28,31). The number of H-pyrrole nitrogens is 1. The number of aromatic nitrogens is 2. The van der Waals surface area contributed by atoms with Crippen LogP contribution in [0.3, 0.4) is 0 Å². The highest BCUT2D eigenvalue weighted by Gasteiger charge is 2.32. The van der Waals surface area contributed by atoms with Crippen LogP contribution in [-0.4, -0.2) is 58.0 Å². The third-order valence-corrected chi connectivity index (χ3v) is 6.74. The molecule has 170 valence electrons. The summed E-state index contributed by atoms with van der Waals surface area (Å²) in [6.07, 6.45) is 3.36. The van der Waals surface area contributed by atoms with Crippen LogP contribution in [0.1, 0.15) is 40.9 Å². The fourth-order valence-electron chi connectivity index (χ4n) is 4.56. The number of piperazine rings is 1. The Kier molecular flexibility index (Phi) is 5.66. The minimum Gasteiger partial charge on any atom is -0.339 e. The molecule has 8 heteroatoms. The number of fused-ring (bicyclic) bond motifs is 1. The summed E-state index contributed by atoms with van der Waals surface area (Å²) in [4.78, 5) is 41.0. The number of halogens is 1. The van der Waals surface area contributed by atoms with Gasteiger partial charge in [0.15, 0.2) is 0 Å². The molecule has 0 spiro atoms. The quantitative estimate of drug-likeness (QED) is 0.665. The molecule has 1 saturated carbocycles. The molecule has 1 aliphatic carbocycles. The Labute approximate surface area is 190 Å². The van der Waals surface area contributed by atoms with Gasteiger partial charge in [0, 0.05) is 43.9 Å². The second kappa shape index (κ2) is 8.77. The lowest BCUT2D eigenvalue weighted by atomic mass is 9.84. The SMILES string of the molecule is O=C(c1cc(Cc2n[nH]c(=O)c3ccccc23)ccc1F)N1CCN(C(=O)C2CCC2)CC1. The van der Waals surface area contributed by atoms with E-state index in [0.29, 0.717) is 43.7 Å². The van der Waals surface area contributed by atoms with Crippen molar-refractivity contribution in [1.82, 2.24) is 20.0 Å². The van der Waals surface area contributed by atoms with Gasteiger partial charge in [0.05, 0.1) is 16.6 Å². The topological polar surface area (TPSA) is 86.4 Å². The third-order valence-electron chi connectivity index (χ3n) is 6.74. The minimum absolute atomic E-state index is 0.0139. The van der Waals surface area contributed by atoms with Gasteiger partial charge in [-0.3, -0.25) is 14.4 Å². The van der Waals surface area contributed by atoms with Gasteiger partial charge in [-0.05, 0) is 36.6 Å². The van der Waals surface area contributed by atoms with Crippen LogP contribution in [0, 0.1) is 11.7 Å². The Morgan fingerprint density at radius 3 is 2.39 bits per heavy atom.